The molecule has 2 aliphatic heterocycles. The quantitative estimate of drug-likeness (QED) is 0.602. The molecular weight excluding hydrogens is 358 g/mol. The summed E-state index contributed by atoms with van der Waals surface area (Å²) in [5.41, 5.74) is 4.22. The van der Waals surface area contributed by atoms with Crippen LogP contribution in [0, 0.1) is 0 Å². The standard InChI is InChI=1S/C20H19N5OS/c1-2-6-16-15(5-1)13-27-20(23-19(22-16)24-9-11-26-12-10-24)25-14-21-17-7-3-4-8-18(17)25/h1-8,14H,9-13H2/b22-19?,23-20-. The first-order valence-corrected chi connectivity index (χ1v) is 10.0. The number of ether oxygens (including phenoxy) is 1. The largest absolute Gasteiger partial charge is 0.378 e. The number of aromatic nitrogens is 2. The molecule has 2 aliphatic rings. The van der Waals surface area contributed by atoms with Crippen LogP contribution in [0.5, 0.6) is 0 Å². The number of thioether (sulfide) groups is 1. The molecule has 3 heterocycles. The van der Waals surface area contributed by atoms with Gasteiger partial charge in [0.1, 0.15) is 6.33 Å². The van der Waals surface area contributed by atoms with E-state index in [2.05, 4.69) is 38.7 Å². The summed E-state index contributed by atoms with van der Waals surface area (Å²) in [6, 6.07) is 16.4. The second kappa shape index (κ2) is 7.17. The molecule has 136 valence electrons. The number of morpholine rings is 1. The monoisotopic (exact) mass is 377 g/mol. The van der Waals surface area contributed by atoms with Gasteiger partial charge in [0.15, 0.2) is 5.17 Å². The van der Waals surface area contributed by atoms with E-state index < -0.39 is 0 Å². The van der Waals surface area contributed by atoms with Crippen LogP contribution in [0.25, 0.3) is 11.0 Å². The molecule has 0 spiro atoms. The molecule has 0 N–H and O–H groups in total. The first-order valence-electron chi connectivity index (χ1n) is 9.02. The van der Waals surface area contributed by atoms with E-state index in [0.717, 1.165) is 46.7 Å². The molecule has 5 rings (SSSR count). The van der Waals surface area contributed by atoms with Crippen molar-refractivity contribution >= 4 is 39.6 Å². The van der Waals surface area contributed by atoms with Gasteiger partial charge < -0.3 is 9.64 Å². The number of hydrogen-bond donors (Lipinski definition) is 0. The third-order valence-corrected chi connectivity index (χ3v) is 5.72. The van der Waals surface area contributed by atoms with Gasteiger partial charge in [0, 0.05) is 18.8 Å². The molecule has 0 radical (unpaired) electrons. The molecule has 27 heavy (non-hydrogen) atoms. The van der Waals surface area contributed by atoms with Crippen molar-refractivity contribution in [2.45, 2.75) is 5.75 Å². The van der Waals surface area contributed by atoms with Gasteiger partial charge in [-0.2, -0.15) is 4.99 Å². The topological polar surface area (TPSA) is 55.0 Å². The Kier molecular flexibility index (Phi) is 4.39. The SMILES string of the molecule is c1ccc2c(c1)CS/C(n1cnc3ccccc31)=N\C(N1CCOCC1)=N2. The third kappa shape index (κ3) is 3.24. The lowest BCUT2D eigenvalue weighted by Gasteiger charge is -2.28. The van der Waals surface area contributed by atoms with Crippen molar-refractivity contribution in [3.05, 3.63) is 60.4 Å². The molecule has 2 aromatic carbocycles. The Bertz CT molecular complexity index is 1040. The average Bonchev–Trinajstić information content (AvgIpc) is 3.14. The van der Waals surface area contributed by atoms with E-state index in [4.69, 9.17) is 14.7 Å². The molecular formula is C20H19N5OS. The number of aliphatic imine (C=N–C) groups is 2. The van der Waals surface area contributed by atoms with E-state index in [1.54, 1.807) is 11.8 Å². The fourth-order valence-corrected chi connectivity index (χ4v) is 4.23. The number of rotatable bonds is 0. The van der Waals surface area contributed by atoms with E-state index in [1.165, 1.54) is 5.56 Å². The van der Waals surface area contributed by atoms with Crippen LogP contribution in [0.3, 0.4) is 0 Å². The predicted molar refractivity (Wildman–Crippen MR) is 110 cm³/mol. The first-order chi connectivity index (χ1) is 13.4. The van der Waals surface area contributed by atoms with Gasteiger partial charge in [0.2, 0.25) is 5.96 Å². The van der Waals surface area contributed by atoms with Gasteiger partial charge in [0.25, 0.3) is 0 Å². The molecule has 3 aromatic rings. The maximum absolute atomic E-state index is 5.51. The van der Waals surface area contributed by atoms with Gasteiger partial charge in [-0.25, -0.2) is 9.98 Å². The zero-order valence-electron chi connectivity index (χ0n) is 14.8. The maximum Gasteiger partial charge on any atom is 0.228 e. The predicted octanol–water partition coefficient (Wildman–Crippen LogP) is 3.51. The summed E-state index contributed by atoms with van der Waals surface area (Å²) in [5.74, 6) is 1.56. The summed E-state index contributed by atoms with van der Waals surface area (Å²) in [6.45, 7) is 3.00. The smallest absolute Gasteiger partial charge is 0.228 e. The van der Waals surface area contributed by atoms with Crippen LogP contribution in [0.2, 0.25) is 0 Å². The van der Waals surface area contributed by atoms with Gasteiger partial charge in [-0.3, -0.25) is 4.57 Å². The van der Waals surface area contributed by atoms with Crippen LogP contribution in [0.1, 0.15) is 5.56 Å². The fourth-order valence-electron chi connectivity index (χ4n) is 3.27. The van der Waals surface area contributed by atoms with E-state index >= 15 is 0 Å². The Morgan fingerprint density at radius 3 is 2.67 bits per heavy atom. The minimum atomic E-state index is 0.701. The van der Waals surface area contributed by atoms with Crippen LogP contribution in [-0.4, -0.2) is 51.9 Å². The minimum Gasteiger partial charge on any atom is -0.378 e. The number of nitrogens with zero attached hydrogens (tertiary/aromatic N) is 5. The molecule has 0 aliphatic carbocycles. The van der Waals surface area contributed by atoms with Crippen molar-refractivity contribution in [3.8, 4) is 0 Å². The number of imidazole rings is 1. The number of fused-ring (bicyclic) bond motifs is 2. The number of guanidine groups is 1. The second-order valence-corrected chi connectivity index (χ2v) is 7.37. The summed E-state index contributed by atoms with van der Waals surface area (Å²) >= 11 is 1.71. The normalized spacial score (nSPS) is 19.6. The highest BCUT2D eigenvalue weighted by Crippen LogP contribution is 2.29. The number of hydrogen-bond acceptors (Lipinski definition) is 6. The fraction of sp³-hybridized carbons (Fsp3) is 0.250. The molecule has 0 unspecified atom stereocenters. The van der Waals surface area contributed by atoms with Crippen molar-refractivity contribution in [3.63, 3.8) is 0 Å². The van der Waals surface area contributed by atoms with E-state index in [1.807, 2.05) is 30.6 Å². The first kappa shape index (κ1) is 16.5. The lowest BCUT2D eigenvalue weighted by atomic mass is 10.2. The summed E-state index contributed by atoms with van der Waals surface area (Å²) in [6.07, 6.45) is 1.85. The summed E-state index contributed by atoms with van der Waals surface area (Å²) < 4.78 is 7.57. The Labute approximate surface area is 161 Å². The minimum absolute atomic E-state index is 0.701. The molecule has 0 bridgehead atoms. The van der Waals surface area contributed by atoms with Crippen LogP contribution in [0.4, 0.5) is 5.69 Å². The van der Waals surface area contributed by atoms with Gasteiger partial charge in [-0.15, -0.1) is 0 Å². The second-order valence-electron chi connectivity index (χ2n) is 6.43. The molecule has 1 saturated heterocycles. The Hall–Kier alpha value is -2.64. The molecule has 6 nitrogen and oxygen atoms in total. The summed E-state index contributed by atoms with van der Waals surface area (Å²) in [4.78, 5) is 16.6. The highest BCUT2D eigenvalue weighted by molar-refractivity contribution is 8.13. The van der Waals surface area contributed by atoms with E-state index in [0.29, 0.717) is 13.2 Å². The van der Waals surface area contributed by atoms with Crippen molar-refractivity contribution in [2.75, 3.05) is 26.3 Å². The Morgan fingerprint density at radius 1 is 0.926 bits per heavy atom. The van der Waals surface area contributed by atoms with Gasteiger partial charge in [-0.05, 0) is 23.8 Å². The van der Waals surface area contributed by atoms with Crippen molar-refractivity contribution in [1.82, 2.24) is 14.5 Å². The van der Waals surface area contributed by atoms with Crippen molar-refractivity contribution < 1.29 is 4.74 Å². The lowest BCUT2D eigenvalue weighted by Crippen LogP contribution is -2.40. The Morgan fingerprint density at radius 2 is 1.74 bits per heavy atom. The van der Waals surface area contributed by atoms with Gasteiger partial charge >= 0.3 is 0 Å². The van der Waals surface area contributed by atoms with Crippen molar-refractivity contribution in [1.29, 1.82) is 0 Å². The van der Waals surface area contributed by atoms with Crippen LogP contribution in [-0.2, 0) is 10.5 Å². The van der Waals surface area contributed by atoms with Gasteiger partial charge in [-0.1, -0.05) is 42.1 Å². The molecule has 1 fully saturated rings. The molecule has 7 heteroatoms. The zero-order chi connectivity index (χ0) is 18.1. The molecule has 0 saturated carbocycles. The average molecular weight is 377 g/mol. The molecule has 0 amide bonds. The van der Waals surface area contributed by atoms with Crippen molar-refractivity contribution in [2.24, 2.45) is 9.98 Å². The van der Waals surface area contributed by atoms with Crippen LogP contribution < -0.4 is 0 Å². The number of para-hydroxylation sites is 3. The highest BCUT2D eigenvalue weighted by Gasteiger charge is 2.20. The van der Waals surface area contributed by atoms with E-state index in [9.17, 15) is 0 Å². The maximum atomic E-state index is 5.51. The summed E-state index contributed by atoms with van der Waals surface area (Å²) in [7, 11) is 0. The lowest BCUT2D eigenvalue weighted by molar-refractivity contribution is 0.0676. The van der Waals surface area contributed by atoms with E-state index in [-0.39, 0.29) is 0 Å². The molecule has 0 atom stereocenters. The summed E-state index contributed by atoms with van der Waals surface area (Å²) in [5, 5.41) is 0.892. The molecule has 1 aromatic heterocycles. The number of benzene rings is 2. The highest BCUT2D eigenvalue weighted by atomic mass is 32.2. The van der Waals surface area contributed by atoms with Gasteiger partial charge in [0.05, 0.1) is 29.9 Å². The van der Waals surface area contributed by atoms with Crippen LogP contribution in [0.15, 0.2) is 64.8 Å². The van der Waals surface area contributed by atoms with Crippen LogP contribution >= 0.6 is 11.8 Å². The Balaban J connectivity index is 1.63. The third-order valence-electron chi connectivity index (χ3n) is 4.72. The zero-order valence-corrected chi connectivity index (χ0v) is 15.6.